The lowest BCUT2D eigenvalue weighted by atomic mass is 10.0. The van der Waals surface area contributed by atoms with E-state index in [0.29, 0.717) is 16.9 Å². The summed E-state index contributed by atoms with van der Waals surface area (Å²) in [5.74, 6) is -0.702. The zero-order valence-corrected chi connectivity index (χ0v) is 14.1. The largest absolute Gasteiger partial charge is 0.423 e. The van der Waals surface area contributed by atoms with E-state index in [4.69, 9.17) is 4.74 Å². The van der Waals surface area contributed by atoms with Crippen molar-refractivity contribution >= 4 is 23.5 Å². The van der Waals surface area contributed by atoms with Crippen molar-refractivity contribution in [3.63, 3.8) is 0 Å². The SMILES string of the molecule is C=CC(=O)Oc1ccc(C=C(C(=O)NC2CC2)c2ccc(F)cc2)cc1. The molecule has 0 saturated heterocycles. The molecule has 4 nitrogen and oxygen atoms in total. The summed E-state index contributed by atoms with van der Waals surface area (Å²) >= 11 is 0. The summed E-state index contributed by atoms with van der Waals surface area (Å²) in [6, 6.07) is 12.8. The topological polar surface area (TPSA) is 55.4 Å². The van der Waals surface area contributed by atoms with Crippen LogP contribution < -0.4 is 10.1 Å². The number of rotatable bonds is 6. The third-order valence-electron chi connectivity index (χ3n) is 3.89. The van der Waals surface area contributed by atoms with Crippen LogP contribution in [0.1, 0.15) is 24.0 Å². The van der Waals surface area contributed by atoms with Gasteiger partial charge in [0.1, 0.15) is 11.6 Å². The van der Waals surface area contributed by atoms with Gasteiger partial charge in [0.2, 0.25) is 0 Å². The van der Waals surface area contributed by atoms with Crippen molar-refractivity contribution in [1.29, 1.82) is 0 Å². The van der Waals surface area contributed by atoms with E-state index in [2.05, 4.69) is 11.9 Å². The van der Waals surface area contributed by atoms with Gasteiger partial charge >= 0.3 is 5.97 Å². The van der Waals surface area contributed by atoms with E-state index in [1.807, 2.05) is 0 Å². The third kappa shape index (κ3) is 4.66. The molecule has 1 fully saturated rings. The van der Waals surface area contributed by atoms with Gasteiger partial charge in [-0.1, -0.05) is 30.8 Å². The number of halogens is 1. The molecule has 3 rings (SSSR count). The van der Waals surface area contributed by atoms with Crippen LogP contribution in [0.2, 0.25) is 0 Å². The number of benzene rings is 2. The highest BCUT2D eigenvalue weighted by Crippen LogP contribution is 2.24. The summed E-state index contributed by atoms with van der Waals surface area (Å²) in [5, 5.41) is 2.95. The minimum Gasteiger partial charge on any atom is -0.423 e. The van der Waals surface area contributed by atoms with Gasteiger partial charge in [0, 0.05) is 17.7 Å². The fourth-order valence-corrected chi connectivity index (χ4v) is 2.36. The number of carbonyl (C=O) groups excluding carboxylic acids is 2. The zero-order valence-electron chi connectivity index (χ0n) is 14.1. The lowest BCUT2D eigenvalue weighted by Gasteiger charge is -2.09. The van der Waals surface area contributed by atoms with E-state index in [0.717, 1.165) is 24.5 Å². The Hall–Kier alpha value is -3.21. The first-order valence-electron chi connectivity index (χ1n) is 8.28. The van der Waals surface area contributed by atoms with E-state index in [-0.39, 0.29) is 17.8 Å². The second-order valence-corrected chi connectivity index (χ2v) is 6.01. The highest BCUT2D eigenvalue weighted by atomic mass is 19.1. The maximum absolute atomic E-state index is 13.2. The molecule has 1 saturated carbocycles. The number of hydrogen-bond acceptors (Lipinski definition) is 3. The molecule has 26 heavy (non-hydrogen) atoms. The lowest BCUT2D eigenvalue weighted by molar-refractivity contribution is -0.129. The number of esters is 1. The molecule has 1 aliphatic carbocycles. The molecule has 1 aliphatic rings. The predicted molar refractivity (Wildman–Crippen MR) is 97.7 cm³/mol. The van der Waals surface area contributed by atoms with E-state index in [1.165, 1.54) is 12.1 Å². The first-order valence-corrected chi connectivity index (χ1v) is 8.28. The molecule has 132 valence electrons. The smallest absolute Gasteiger partial charge is 0.335 e. The maximum Gasteiger partial charge on any atom is 0.335 e. The Bertz CT molecular complexity index is 850. The second-order valence-electron chi connectivity index (χ2n) is 6.01. The number of nitrogens with one attached hydrogen (secondary N) is 1. The van der Waals surface area contributed by atoms with E-state index in [1.54, 1.807) is 42.5 Å². The van der Waals surface area contributed by atoms with E-state index < -0.39 is 5.97 Å². The van der Waals surface area contributed by atoms with Gasteiger partial charge in [-0.05, 0) is 54.3 Å². The van der Waals surface area contributed by atoms with Crippen molar-refractivity contribution in [1.82, 2.24) is 5.32 Å². The number of amides is 1. The van der Waals surface area contributed by atoms with Gasteiger partial charge in [-0.15, -0.1) is 0 Å². The van der Waals surface area contributed by atoms with Crippen LogP contribution in [0, 0.1) is 5.82 Å². The molecule has 1 amide bonds. The number of ether oxygens (including phenoxy) is 1. The fourth-order valence-electron chi connectivity index (χ4n) is 2.36. The van der Waals surface area contributed by atoms with Gasteiger partial charge in [-0.2, -0.15) is 0 Å². The van der Waals surface area contributed by atoms with Gasteiger partial charge in [0.15, 0.2) is 0 Å². The molecule has 0 spiro atoms. The average Bonchev–Trinajstić information content (AvgIpc) is 3.45. The highest BCUT2D eigenvalue weighted by molar-refractivity contribution is 6.24. The molecule has 0 radical (unpaired) electrons. The van der Waals surface area contributed by atoms with Crippen molar-refractivity contribution in [3.05, 3.63) is 78.1 Å². The molecular formula is C21H18FNO3. The summed E-state index contributed by atoms with van der Waals surface area (Å²) in [7, 11) is 0. The molecule has 0 atom stereocenters. The number of hydrogen-bond donors (Lipinski definition) is 1. The predicted octanol–water partition coefficient (Wildman–Crippen LogP) is 3.74. The van der Waals surface area contributed by atoms with Crippen molar-refractivity contribution in [3.8, 4) is 5.75 Å². The molecule has 2 aromatic rings. The Morgan fingerprint density at radius 3 is 2.31 bits per heavy atom. The molecule has 0 aromatic heterocycles. The average molecular weight is 351 g/mol. The standard InChI is InChI=1S/C21H18FNO3/c1-2-20(24)26-18-11-3-14(4-12-18)13-19(21(25)23-17-9-10-17)15-5-7-16(22)8-6-15/h2-8,11-13,17H,1,9-10H2,(H,23,25). The summed E-state index contributed by atoms with van der Waals surface area (Å²) in [6.07, 6.45) is 4.77. The summed E-state index contributed by atoms with van der Waals surface area (Å²) < 4.78 is 18.2. The van der Waals surface area contributed by atoms with Gasteiger partial charge in [-0.25, -0.2) is 9.18 Å². The van der Waals surface area contributed by atoms with Crippen LogP contribution in [0.3, 0.4) is 0 Å². The molecule has 2 aromatic carbocycles. The van der Waals surface area contributed by atoms with Gasteiger partial charge in [0.05, 0.1) is 0 Å². The zero-order chi connectivity index (χ0) is 18.5. The Labute approximate surface area is 151 Å². The first-order chi connectivity index (χ1) is 12.5. The van der Waals surface area contributed by atoms with Crippen LogP contribution in [-0.4, -0.2) is 17.9 Å². The highest BCUT2D eigenvalue weighted by Gasteiger charge is 2.25. The Kier molecular flexibility index (Phi) is 5.27. The number of carbonyl (C=O) groups is 2. The first kappa shape index (κ1) is 17.6. The summed E-state index contributed by atoms with van der Waals surface area (Å²) in [5.41, 5.74) is 1.84. The fraction of sp³-hybridized carbons (Fsp3) is 0.143. The van der Waals surface area contributed by atoms with Crippen molar-refractivity contribution in [2.45, 2.75) is 18.9 Å². The van der Waals surface area contributed by atoms with Crippen LogP contribution in [-0.2, 0) is 9.59 Å². The van der Waals surface area contributed by atoms with Crippen LogP contribution in [0.15, 0.2) is 61.2 Å². The van der Waals surface area contributed by atoms with Gasteiger partial charge in [0.25, 0.3) is 5.91 Å². The van der Waals surface area contributed by atoms with Crippen LogP contribution in [0.5, 0.6) is 5.75 Å². The Balaban J connectivity index is 1.87. The van der Waals surface area contributed by atoms with Gasteiger partial charge in [-0.3, -0.25) is 4.79 Å². The molecule has 0 bridgehead atoms. The third-order valence-corrected chi connectivity index (χ3v) is 3.89. The molecular weight excluding hydrogens is 333 g/mol. The monoisotopic (exact) mass is 351 g/mol. The molecule has 0 aliphatic heterocycles. The molecule has 5 heteroatoms. The Morgan fingerprint density at radius 2 is 1.73 bits per heavy atom. The lowest BCUT2D eigenvalue weighted by Crippen LogP contribution is -2.26. The van der Waals surface area contributed by atoms with Crippen molar-refractivity contribution in [2.24, 2.45) is 0 Å². The molecule has 1 N–H and O–H groups in total. The maximum atomic E-state index is 13.2. The minimum atomic E-state index is -0.538. The normalized spacial score (nSPS) is 13.8. The molecule has 0 unspecified atom stereocenters. The van der Waals surface area contributed by atoms with Crippen molar-refractivity contribution < 1.29 is 18.7 Å². The quantitative estimate of drug-likeness (QED) is 0.373. The van der Waals surface area contributed by atoms with E-state index in [9.17, 15) is 14.0 Å². The summed E-state index contributed by atoms with van der Waals surface area (Å²) in [4.78, 5) is 23.8. The van der Waals surface area contributed by atoms with Crippen molar-refractivity contribution in [2.75, 3.05) is 0 Å². The second kappa shape index (κ2) is 7.78. The van der Waals surface area contributed by atoms with E-state index >= 15 is 0 Å². The summed E-state index contributed by atoms with van der Waals surface area (Å²) in [6.45, 7) is 3.35. The molecule has 0 heterocycles. The van der Waals surface area contributed by atoms with Crippen LogP contribution in [0.4, 0.5) is 4.39 Å². The minimum absolute atomic E-state index is 0.193. The van der Waals surface area contributed by atoms with Crippen LogP contribution in [0.25, 0.3) is 11.6 Å². The Morgan fingerprint density at radius 1 is 1.08 bits per heavy atom. The van der Waals surface area contributed by atoms with Gasteiger partial charge < -0.3 is 10.1 Å². The van der Waals surface area contributed by atoms with Crippen LogP contribution >= 0.6 is 0 Å².